The maximum absolute atomic E-state index is 5.35. The van der Waals surface area contributed by atoms with Crippen molar-refractivity contribution in [1.29, 1.82) is 0 Å². The van der Waals surface area contributed by atoms with E-state index >= 15 is 0 Å². The fraction of sp³-hybridized carbons (Fsp3) is 0.818. The number of anilines is 1. The topological polar surface area (TPSA) is 47.0 Å². The van der Waals surface area contributed by atoms with Gasteiger partial charge in [-0.05, 0) is 19.8 Å². The first-order valence-electron chi connectivity index (χ1n) is 5.77. The van der Waals surface area contributed by atoms with Crippen LogP contribution in [-0.4, -0.2) is 30.5 Å². The van der Waals surface area contributed by atoms with Crippen LogP contribution >= 0.6 is 11.3 Å². The molecule has 1 aliphatic rings. The van der Waals surface area contributed by atoms with Crippen molar-refractivity contribution in [3.63, 3.8) is 0 Å². The first-order valence-corrected chi connectivity index (χ1v) is 6.59. The molecule has 1 aliphatic carbocycles. The maximum atomic E-state index is 5.35. The van der Waals surface area contributed by atoms with Crippen LogP contribution in [0, 0.1) is 12.3 Å². The Balaban J connectivity index is 1.91. The van der Waals surface area contributed by atoms with Crippen LogP contribution in [-0.2, 0) is 4.74 Å². The van der Waals surface area contributed by atoms with Crippen molar-refractivity contribution in [3.05, 3.63) is 5.01 Å². The van der Waals surface area contributed by atoms with E-state index in [1.807, 2.05) is 6.92 Å². The highest BCUT2D eigenvalue weighted by molar-refractivity contribution is 7.15. The van der Waals surface area contributed by atoms with Gasteiger partial charge in [-0.3, -0.25) is 0 Å². The number of hydrogen-bond donors (Lipinski definition) is 1. The Kier molecular flexibility index (Phi) is 3.76. The van der Waals surface area contributed by atoms with E-state index in [-0.39, 0.29) is 0 Å². The van der Waals surface area contributed by atoms with Crippen molar-refractivity contribution in [1.82, 2.24) is 10.2 Å². The number of methoxy groups -OCH3 is 1. The Labute approximate surface area is 100 Å². The molecule has 0 bridgehead atoms. The van der Waals surface area contributed by atoms with Gasteiger partial charge in [0.05, 0.1) is 6.61 Å². The molecule has 0 aliphatic heterocycles. The quantitative estimate of drug-likeness (QED) is 0.860. The molecule has 0 radical (unpaired) electrons. The lowest BCUT2D eigenvalue weighted by Crippen LogP contribution is -2.31. The number of nitrogens with one attached hydrogen (secondary N) is 1. The maximum Gasteiger partial charge on any atom is 0.205 e. The number of ether oxygens (including phenoxy) is 1. The Morgan fingerprint density at radius 3 is 2.69 bits per heavy atom. The molecule has 1 N–H and O–H groups in total. The van der Waals surface area contributed by atoms with Crippen molar-refractivity contribution in [2.75, 3.05) is 25.6 Å². The number of rotatable bonds is 5. The summed E-state index contributed by atoms with van der Waals surface area (Å²) in [5.74, 6) is 0. The summed E-state index contributed by atoms with van der Waals surface area (Å²) in [5, 5.41) is 13.4. The normalized spacial score (nSPS) is 18.9. The van der Waals surface area contributed by atoms with Gasteiger partial charge < -0.3 is 10.1 Å². The molecule has 1 fully saturated rings. The fourth-order valence-electron chi connectivity index (χ4n) is 2.43. The lowest BCUT2D eigenvalue weighted by Gasteiger charge is -2.27. The van der Waals surface area contributed by atoms with Gasteiger partial charge >= 0.3 is 0 Å². The molecule has 1 saturated carbocycles. The third-order valence-corrected chi connectivity index (χ3v) is 4.05. The summed E-state index contributed by atoms with van der Waals surface area (Å²) >= 11 is 1.61. The number of nitrogens with zero attached hydrogens (tertiary/aromatic N) is 2. The van der Waals surface area contributed by atoms with Crippen molar-refractivity contribution in [3.8, 4) is 0 Å². The third kappa shape index (κ3) is 2.71. The largest absolute Gasteiger partial charge is 0.384 e. The van der Waals surface area contributed by atoms with Gasteiger partial charge in [-0.25, -0.2) is 0 Å². The predicted octanol–water partition coefficient (Wildman–Crippen LogP) is 2.47. The van der Waals surface area contributed by atoms with E-state index in [1.54, 1.807) is 18.4 Å². The van der Waals surface area contributed by atoms with Crippen molar-refractivity contribution < 1.29 is 4.74 Å². The lowest BCUT2D eigenvalue weighted by atomic mass is 9.87. The molecule has 16 heavy (non-hydrogen) atoms. The molecular formula is C11H19N3OS. The number of aryl methyl sites for hydroxylation is 1. The summed E-state index contributed by atoms with van der Waals surface area (Å²) in [6.45, 7) is 3.77. The van der Waals surface area contributed by atoms with E-state index in [2.05, 4.69) is 15.5 Å². The minimum atomic E-state index is 0.314. The molecule has 0 amide bonds. The van der Waals surface area contributed by atoms with Gasteiger partial charge in [-0.1, -0.05) is 24.2 Å². The zero-order valence-corrected chi connectivity index (χ0v) is 10.8. The molecule has 0 aromatic carbocycles. The highest BCUT2D eigenvalue weighted by Crippen LogP contribution is 2.38. The van der Waals surface area contributed by atoms with E-state index in [0.29, 0.717) is 5.41 Å². The molecule has 0 unspecified atom stereocenters. The Hall–Kier alpha value is -0.680. The Bertz CT molecular complexity index is 334. The molecule has 1 aromatic rings. The van der Waals surface area contributed by atoms with Gasteiger partial charge in [-0.15, -0.1) is 10.2 Å². The first-order chi connectivity index (χ1) is 7.74. The second kappa shape index (κ2) is 5.10. The van der Waals surface area contributed by atoms with Gasteiger partial charge in [-0.2, -0.15) is 0 Å². The Morgan fingerprint density at radius 1 is 1.38 bits per heavy atom. The predicted molar refractivity (Wildman–Crippen MR) is 65.9 cm³/mol. The summed E-state index contributed by atoms with van der Waals surface area (Å²) < 4.78 is 5.35. The van der Waals surface area contributed by atoms with Crippen LogP contribution in [0.4, 0.5) is 5.13 Å². The summed E-state index contributed by atoms with van der Waals surface area (Å²) in [6, 6.07) is 0. The van der Waals surface area contributed by atoms with Gasteiger partial charge in [0, 0.05) is 19.1 Å². The highest BCUT2D eigenvalue weighted by Gasteiger charge is 2.33. The fourth-order valence-corrected chi connectivity index (χ4v) is 3.02. The summed E-state index contributed by atoms with van der Waals surface area (Å²) in [5.41, 5.74) is 0.314. The van der Waals surface area contributed by atoms with Gasteiger partial charge in [0.2, 0.25) is 5.13 Å². The minimum absolute atomic E-state index is 0.314. The van der Waals surface area contributed by atoms with Crippen LogP contribution in [0.2, 0.25) is 0 Å². The smallest absolute Gasteiger partial charge is 0.205 e. The third-order valence-electron chi connectivity index (χ3n) is 3.26. The summed E-state index contributed by atoms with van der Waals surface area (Å²) in [4.78, 5) is 0. The van der Waals surface area contributed by atoms with Gasteiger partial charge in [0.15, 0.2) is 0 Å². The van der Waals surface area contributed by atoms with Crippen LogP contribution in [0.3, 0.4) is 0 Å². The molecule has 2 rings (SSSR count). The summed E-state index contributed by atoms with van der Waals surface area (Å²) in [7, 11) is 1.79. The van der Waals surface area contributed by atoms with E-state index in [1.165, 1.54) is 25.7 Å². The summed E-state index contributed by atoms with van der Waals surface area (Å²) in [6.07, 6.45) is 5.15. The second-order valence-corrected chi connectivity index (χ2v) is 5.80. The molecule has 1 aromatic heterocycles. The Morgan fingerprint density at radius 2 is 2.12 bits per heavy atom. The first kappa shape index (κ1) is 11.8. The average molecular weight is 241 g/mol. The van der Waals surface area contributed by atoms with Crippen LogP contribution in [0.25, 0.3) is 0 Å². The van der Waals surface area contributed by atoms with Gasteiger partial charge in [0.1, 0.15) is 5.01 Å². The molecule has 90 valence electrons. The number of aromatic nitrogens is 2. The minimum Gasteiger partial charge on any atom is -0.384 e. The molecular weight excluding hydrogens is 222 g/mol. The molecule has 5 heteroatoms. The zero-order valence-electron chi connectivity index (χ0n) is 9.95. The van der Waals surface area contributed by atoms with Crippen LogP contribution < -0.4 is 5.32 Å². The van der Waals surface area contributed by atoms with Crippen molar-refractivity contribution >= 4 is 16.5 Å². The van der Waals surface area contributed by atoms with Crippen molar-refractivity contribution in [2.24, 2.45) is 5.41 Å². The SMILES string of the molecule is COCC1(CNc2nnc(C)s2)CCCC1. The van der Waals surface area contributed by atoms with Crippen molar-refractivity contribution in [2.45, 2.75) is 32.6 Å². The van der Waals surface area contributed by atoms with E-state index in [9.17, 15) is 0 Å². The van der Waals surface area contributed by atoms with E-state index < -0.39 is 0 Å². The van der Waals surface area contributed by atoms with Gasteiger partial charge in [0.25, 0.3) is 0 Å². The highest BCUT2D eigenvalue weighted by atomic mass is 32.1. The molecule has 0 atom stereocenters. The van der Waals surface area contributed by atoms with Crippen LogP contribution in [0.1, 0.15) is 30.7 Å². The molecule has 0 saturated heterocycles. The molecule has 4 nitrogen and oxygen atoms in total. The zero-order chi connectivity index (χ0) is 11.4. The van der Waals surface area contributed by atoms with E-state index in [4.69, 9.17) is 4.74 Å². The molecule has 0 spiro atoms. The van der Waals surface area contributed by atoms with E-state index in [0.717, 1.165) is 23.3 Å². The average Bonchev–Trinajstić information content (AvgIpc) is 2.86. The second-order valence-electron chi connectivity index (χ2n) is 4.62. The monoisotopic (exact) mass is 241 g/mol. The molecule has 1 heterocycles. The standard InChI is InChI=1S/C11H19N3OS/c1-9-13-14-10(16-9)12-7-11(8-15-2)5-3-4-6-11/h3-8H2,1-2H3,(H,12,14). The van der Waals surface area contributed by atoms with Crippen LogP contribution in [0.5, 0.6) is 0 Å². The lowest BCUT2D eigenvalue weighted by molar-refractivity contribution is 0.0923. The van der Waals surface area contributed by atoms with Crippen LogP contribution in [0.15, 0.2) is 0 Å². The number of hydrogen-bond acceptors (Lipinski definition) is 5.